The largest absolute Gasteiger partial charge is 0.399 e. The number of anilines is 3. The molecule has 98 valence electrons. The summed E-state index contributed by atoms with van der Waals surface area (Å²) in [7, 11) is 0. The van der Waals surface area contributed by atoms with Crippen molar-refractivity contribution in [2.24, 2.45) is 5.92 Å². The van der Waals surface area contributed by atoms with Crippen LogP contribution in [0.15, 0.2) is 42.5 Å². The van der Waals surface area contributed by atoms with E-state index in [4.69, 9.17) is 5.73 Å². The van der Waals surface area contributed by atoms with Crippen LogP contribution >= 0.6 is 0 Å². The molecule has 1 aliphatic rings. The Morgan fingerprint density at radius 2 is 1.89 bits per heavy atom. The number of para-hydroxylation sites is 1. The zero-order chi connectivity index (χ0) is 13.4. The lowest BCUT2D eigenvalue weighted by atomic mass is 9.93. The van der Waals surface area contributed by atoms with Crippen LogP contribution in [0.4, 0.5) is 17.1 Å². The fraction of sp³-hybridized carbons (Fsp3) is 0.294. The Morgan fingerprint density at radius 1 is 1.11 bits per heavy atom. The molecule has 0 aliphatic carbocycles. The van der Waals surface area contributed by atoms with Crippen molar-refractivity contribution in [3.8, 4) is 0 Å². The van der Waals surface area contributed by atoms with Gasteiger partial charge in [-0.3, -0.25) is 0 Å². The molecule has 1 atom stereocenters. The molecule has 19 heavy (non-hydrogen) atoms. The topological polar surface area (TPSA) is 29.3 Å². The van der Waals surface area contributed by atoms with Gasteiger partial charge in [0.05, 0.1) is 0 Å². The fourth-order valence-corrected chi connectivity index (χ4v) is 3.01. The molecule has 3 rings (SSSR count). The van der Waals surface area contributed by atoms with Gasteiger partial charge >= 0.3 is 0 Å². The molecule has 1 heterocycles. The molecule has 0 saturated heterocycles. The quantitative estimate of drug-likeness (QED) is 0.780. The highest BCUT2D eigenvalue weighted by atomic mass is 15.1. The van der Waals surface area contributed by atoms with E-state index in [9.17, 15) is 0 Å². The van der Waals surface area contributed by atoms with Gasteiger partial charge in [-0.1, -0.05) is 25.1 Å². The molecule has 0 saturated carbocycles. The van der Waals surface area contributed by atoms with Crippen LogP contribution in [-0.4, -0.2) is 6.54 Å². The Labute approximate surface area is 114 Å². The van der Waals surface area contributed by atoms with Gasteiger partial charge in [-0.25, -0.2) is 0 Å². The van der Waals surface area contributed by atoms with Gasteiger partial charge in [0.1, 0.15) is 0 Å². The smallest absolute Gasteiger partial charge is 0.0443 e. The first-order valence-corrected chi connectivity index (χ1v) is 6.86. The fourth-order valence-electron chi connectivity index (χ4n) is 3.01. The molecular formula is C17H20N2. The van der Waals surface area contributed by atoms with Crippen molar-refractivity contribution >= 4 is 17.1 Å². The molecule has 2 N–H and O–H groups in total. The number of aryl methyl sites for hydroxylation is 1. The van der Waals surface area contributed by atoms with Crippen molar-refractivity contribution < 1.29 is 0 Å². The number of hydrogen-bond donors (Lipinski definition) is 1. The van der Waals surface area contributed by atoms with Crippen LogP contribution in [0.5, 0.6) is 0 Å². The van der Waals surface area contributed by atoms with Crippen LogP contribution in [-0.2, 0) is 6.42 Å². The van der Waals surface area contributed by atoms with E-state index >= 15 is 0 Å². The minimum absolute atomic E-state index is 0.673. The molecule has 1 unspecified atom stereocenters. The number of fused-ring (bicyclic) bond motifs is 1. The molecule has 2 nitrogen and oxygen atoms in total. The Bertz CT molecular complexity index is 604. The van der Waals surface area contributed by atoms with Crippen LogP contribution in [0, 0.1) is 12.8 Å². The lowest BCUT2D eigenvalue weighted by Gasteiger charge is -2.35. The Morgan fingerprint density at radius 3 is 2.68 bits per heavy atom. The monoisotopic (exact) mass is 252 g/mol. The zero-order valence-corrected chi connectivity index (χ0v) is 11.6. The van der Waals surface area contributed by atoms with Crippen molar-refractivity contribution in [2.45, 2.75) is 20.3 Å². The SMILES string of the molecule is Cc1cc(N)ccc1N1CC(C)Cc2ccccc21. The predicted molar refractivity (Wildman–Crippen MR) is 81.9 cm³/mol. The van der Waals surface area contributed by atoms with Crippen LogP contribution in [0.2, 0.25) is 0 Å². The van der Waals surface area contributed by atoms with Gasteiger partial charge in [-0.05, 0) is 54.7 Å². The van der Waals surface area contributed by atoms with E-state index in [0.717, 1.165) is 12.2 Å². The van der Waals surface area contributed by atoms with Crippen molar-refractivity contribution in [2.75, 3.05) is 17.2 Å². The number of hydrogen-bond acceptors (Lipinski definition) is 2. The summed E-state index contributed by atoms with van der Waals surface area (Å²) in [6, 6.07) is 14.9. The standard InChI is InChI=1S/C17H20N2/c1-12-9-14-5-3-4-6-17(14)19(11-12)16-8-7-15(18)10-13(16)2/h3-8,10,12H,9,11,18H2,1-2H3. The van der Waals surface area contributed by atoms with Crippen LogP contribution in [0.1, 0.15) is 18.1 Å². The molecule has 0 amide bonds. The third kappa shape index (κ3) is 2.19. The summed E-state index contributed by atoms with van der Waals surface area (Å²) in [4.78, 5) is 2.43. The highest BCUT2D eigenvalue weighted by molar-refractivity contribution is 5.71. The number of nitrogen functional groups attached to an aromatic ring is 1. The van der Waals surface area contributed by atoms with E-state index in [1.54, 1.807) is 0 Å². The molecule has 0 fully saturated rings. The number of rotatable bonds is 1. The maximum absolute atomic E-state index is 5.86. The first kappa shape index (κ1) is 12.1. The summed E-state index contributed by atoms with van der Waals surface area (Å²) < 4.78 is 0. The zero-order valence-electron chi connectivity index (χ0n) is 11.6. The molecule has 0 spiro atoms. The second kappa shape index (κ2) is 4.61. The average Bonchev–Trinajstić information content (AvgIpc) is 2.38. The summed E-state index contributed by atoms with van der Waals surface area (Å²) >= 11 is 0. The van der Waals surface area contributed by atoms with E-state index < -0.39 is 0 Å². The molecule has 2 heteroatoms. The molecule has 2 aromatic carbocycles. The molecule has 2 aromatic rings. The first-order valence-electron chi connectivity index (χ1n) is 6.86. The van der Waals surface area contributed by atoms with E-state index in [1.807, 2.05) is 6.07 Å². The second-order valence-corrected chi connectivity index (χ2v) is 5.59. The van der Waals surface area contributed by atoms with Crippen molar-refractivity contribution in [3.05, 3.63) is 53.6 Å². The van der Waals surface area contributed by atoms with E-state index in [1.165, 1.54) is 28.9 Å². The summed E-state index contributed by atoms with van der Waals surface area (Å²) in [5.74, 6) is 0.673. The Balaban J connectivity index is 2.10. The average molecular weight is 252 g/mol. The normalized spacial score (nSPS) is 18.2. The van der Waals surface area contributed by atoms with Gasteiger partial charge in [-0.2, -0.15) is 0 Å². The number of benzene rings is 2. The minimum Gasteiger partial charge on any atom is -0.399 e. The molecule has 1 aliphatic heterocycles. The maximum Gasteiger partial charge on any atom is 0.0443 e. The molecular weight excluding hydrogens is 232 g/mol. The van der Waals surface area contributed by atoms with Crippen LogP contribution in [0.3, 0.4) is 0 Å². The van der Waals surface area contributed by atoms with E-state index in [-0.39, 0.29) is 0 Å². The van der Waals surface area contributed by atoms with Crippen LogP contribution in [0.25, 0.3) is 0 Å². The summed E-state index contributed by atoms with van der Waals surface area (Å²) in [6.07, 6.45) is 1.17. The summed E-state index contributed by atoms with van der Waals surface area (Å²) in [5.41, 5.74) is 12.0. The van der Waals surface area contributed by atoms with E-state index in [2.05, 4.69) is 55.1 Å². The van der Waals surface area contributed by atoms with Gasteiger partial charge < -0.3 is 10.6 Å². The van der Waals surface area contributed by atoms with Gasteiger partial charge in [0.25, 0.3) is 0 Å². The maximum atomic E-state index is 5.86. The lowest BCUT2D eigenvalue weighted by molar-refractivity contribution is 0.562. The highest BCUT2D eigenvalue weighted by Gasteiger charge is 2.23. The van der Waals surface area contributed by atoms with Gasteiger partial charge in [0.2, 0.25) is 0 Å². The molecule has 0 radical (unpaired) electrons. The Hall–Kier alpha value is -1.96. The lowest BCUT2D eigenvalue weighted by Crippen LogP contribution is -2.30. The van der Waals surface area contributed by atoms with Crippen molar-refractivity contribution in [1.82, 2.24) is 0 Å². The van der Waals surface area contributed by atoms with Gasteiger partial charge in [0.15, 0.2) is 0 Å². The first-order chi connectivity index (χ1) is 9.15. The van der Waals surface area contributed by atoms with Gasteiger partial charge in [0, 0.05) is 23.6 Å². The highest BCUT2D eigenvalue weighted by Crippen LogP contribution is 2.37. The second-order valence-electron chi connectivity index (χ2n) is 5.59. The number of nitrogens with two attached hydrogens (primary N) is 1. The van der Waals surface area contributed by atoms with Crippen molar-refractivity contribution in [1.29, 1.82) is 0 Å². The third-order valence-electron chi connectivity index (χ3n) is 3.86. The third-order valence-corrected chi connectivity index (χ3v) is 3.86. The summed E-state index contributed by atoms with van der Waals surface area (Å²) in [5, 5.41) is 0. The Kier molecular flexibility index (Phi) is 2.94. The van der Waals surface area contributed by atoms with E-state index in [0.29, 0.717) is 5.92 Å². The van der Waals surface area contributed by atoms with Crippen molar-refractivity contribution in [3.63, 3.8) is 0 Å². The molecule has 0 bridgehead atoms. The minimum atomic E-state index is 0.673. The van der Waals surface area contributed by atoms with Crippen LogP contribution < -0.4 is 10.6 Å². The molecule has 0 aromatic heterocycles. The number of nitrogens with zero attached hydrogens (tertiary/aromatic N) is 1. The summed E-state index contributed by atoms with van der Waals surface area (Å²) in [6.45, 7) is 5.52. The van der Waals surface area contributed by atoms with Gasteiger partial charge in [-0.15, -0.1) is 0 Å². The predicted octanol–water partition coefficient (Wildman–Crippen LogP) is 3.91.